The Morgan fingerprint density at radius 2 is 2.31 bits per heavy atom. The van der Waals surface area contributed by atoms with E-state index < -0.39 is 16.4 Å². The lowest BCUT2D eigenvalue weighted by atomic mass is 10.2. The molecule has 0 saturated carbocycles. The second-order valence-electron chi connectivity index (χ2n) is 3.21. The monoisotopic (exact) mass is 228 g/mol. The van der Waals surface area contributed by atoms with Gasteiger partial charge in [-0.25, -0.2) is 0 Å². The van der Waals surface area contributed by atoms with Gasteiger partial charge in [0.1, 0.15) is 0 Å². The lowest BCUT2D eigenvalue weighted by Gasteiger charge is -2.04. The molecule has 0 atom stereocenters. The zero-order valence-corrected chi connectivity index (χ0v) is 8.90. The second-order valence-corrected chi connectivity index (χ2v) is 3.21. The van der Waals surface area contributed by atoms with Crippen molar-refractivity contribution in [2.75, 3.05) is 20.3 Å². The molecule has 6 heteroatoms. The third-order valence-corrected chi connectivity index (χ3v) is 2.02. The lowest BCUT2D eigenvalue weighted by Crippen LogP contribution is -2.18. The summed E-state index contributed by atoms with van der Waals surface area (Å²) in [5.41, 5.74) is 0.167. The molecule has 1 aromatic carbocycles. The zero-order valence-electron chi connectivity index (χ0n) is 8.90. The molecule has 0 bridgehead atoms. The van der Waals surface area contributed by atoms with Crippen LogP contribution in [0.2, 0.25) is 0 Å². The maximum Gasteiger partial charge on any atom is 0.304 e. The van der Waals surface area contributed by atoms with Crippen LogP contribution in [0.4, 0.5) is 10.1 Å². The summed E-state index contributed by atoms with van der Waals surface area (Å²) in [5, 5.41) is 13.4. The summed E-state index contributed by atoms with van der Waals surface area (Å²) in [4.78, 5) is 9.63. The van der Waals surface area contributed by atoms with Crippen LogP contribution >= 0.6 is 0 Å². The SMILES string of the molecule is COCCNCc1ccc([N+](=O)[O-])c(F)c1. The number of ether oxygens (including phenoxy) is 1. The van der Waals surface area contributed by atoms with Gasteiger partial charge in [0.05, 0.1) is 11.5 Å². The van der Waals surface area contributed by atoms with Crippen molar-refractivity contribution in [3.8, 4) is 0 Å². The molecular weight excluding hydrogens is 215 g/mol. The Morgan fingerprint density at radius 3 is 2.88 bits per heavy atom. The smallest absolute Gasteiger partial charge is 0.304 e. The topological polar surface area (TPSA) is 64.4 Å². The van der Waals surface area contributed by atoms with Crippen LogP contribution < -0.4 is 5.32 Å². The van der Waals surface area contributed by atoms with Gasteiger partial charge in [-0.1, -0.05) is 6.07 Å². The molecule has 0 amide bonds. The van der Waals surface area contributed by atoms with E-state index in [1.807, 2.05) is 0 Å². The Bertz CT molecular complexity index is 371. The first-order valence-electron chi connectivity index (χ1n) is 4.77. The Balaban J connectivity index is 2.56. The summed E-state index contributed by atoms with van der Waals surface area (Å²) >= 11 is 0. The van der Waals surface area contributed by atoms with Gasteiger partial charge in [0.2, 0.25) is 5.82 Å². The summed E-state index contributed by atoms with van der Waals surface area (Å²) in [7, 11) is 1.59. The fourth-order valence-electron chi connectivity index (χ4n) is 1.22. The number of benzene rings is 1. The number of hydrogen-bond donors (Lipinski definition) is 1. The van der Waals surface area contributed by atoms with Crippen LogP contribution in [-0.2, 0) is 11.3 Å². The first-order valence-corrected chi connectivity index (χ1v) is 4.77. The molecule has 5 nitrogen and oxygen atoms in total. The molecule has 1 rings (SSSR count). The van der Waals surface area contributed by atoms with E-state index in [9.17, 15) is 14.5 Å². The summed E-state index contributed by atoms with van der Waals surface area (Å²) < 4.78 is 18.0. The van der Waals surface area contributed by atoms with Crippen LogP contribution in [-0.4, -0.2) is 25.2 Å². The van der Waals surface area contributed by atoms with Crippen molar-refractivity contribution in [3.05, 3.63) is 39.7 Å². The van der Waals surface area contributed by atoms with Crippen molar-refractivity contribution in [2.45, 2.75) is 6.54 Å². The number of methoxy groups -OCH3 is 1. The van der Waals surface area contributed by atoms with Gasteiger partial charge in [-0.3, -0.25) is 10.1 Å². The van der Waals surface area contributed by atoms with Gasteiger partial charge in [-0.15, -0.1) is 0 Å². The molecule has 16 heavy (non-hydrogen) atoms. The van der Waals surface area contributed by atoms with Gasteiger partial charge in [-0.05, 0) is 11.6 Å². The van der Waals surface area contributed by atoms with E-state index in [0.717, 1.165) is 6.07 Å². The predicted octanol–water partition coefficient (Wildman–Crippen LogP) is 1.47. The average molecular weight is 228 g/mol. The van der Waals surface area contributed by atoms with Crippen molar-refractivity contribution in [1.82, 2.24) is 5.32 Å². The molecule has 1 N–H and O–H groups in total. The molecule has 0 aliphatic carbocycles. The van der Waals surface area contributed by atoms with Gasteiger partial charge >= 0.3 is 5.69 Å². The minimum Gasteiger partial charge on any atom is -0.383 e. The minimum atomic E-state index is -0.809. The van der Waals surface area contributed by atoms with Gasteiger partial charge in [-0.2, -0.15) is 4.39 Å². The van der Waals surface area contributed by atoms with E-state index in [4.69, 9.17) is 4.74 Å². The van der Waals surface area contributed by atoms with Gasteiger partial charge < -0.3 is 10.1 Å². The number of hydrogen-bond acceptors (Lipinski definition) is 4. The molecule has 0 unspecified atom stereocenters. The molecule has 0 aliphatic rings. The van der Waals surface area contributed by atoms with Crippen LogP contribution in [0.3, 0.4) is 0 Å². The normalized spacial score (nSPS) is 10.4. The highest BCUT2D eigenvalue weighted by atomic mass is 19.1. The number of rotatable bonds is 6. The molecular formula is C10H13FN2O3. The van der Waals surface area contributed by atoms with Crippen molar-refractivity contribution >= 4 is 5.69 Å². The molecule has 88 valence electrons. The summed E-state index contributed by atoms with van der Waals surface area (Å²) in [5.74, 6) is -0.809. The van der Waals surface area contributed by atoms with E-state index >= 15 is 0 Å². The Kier molecular flexibility index (Phi) is 4.81. The average Bonchev–Trinajstić information content (AvgIpc) is 2.24. The Hall–Kier alpha value is -1.53. The van der Waals surface area contributed by atoms with Crippen molar-refractivity contribution in [3.63, 3.8) is 0 Å². The lowest BCUT2D eigenvalue weighted by molar-refractivity contribution is -0.387. The van der Waals surface area contributed by atoms with Crippen LogP contribution in [0.5, 0.6) is 0 Å². The Morgan fingerprint density at radius 1 is 1.56 bits per heavy atom. The fourth-order valence-corrected chi connectivity index (χ4v) is 1.22. The maximum atomic E-state index is 13.2. The number of nitro benzene ring substituents is 1. The molecule has 0 aliphatic heterocycles. The fraction of sp³-hybridized carbons (Fsp3) is 0.400. The molecule has 1 aromatic rings. The van der Waals surface area contributed by atoms with Crippen LogP contribution in [0.1, 0.15) is 5.56 Å². The summed E-state index contributed by atoms with van der Waals surface area (Å²) in [6, 6.07) is 3.86. The molecule has 0 radical (unpaired) electrons. The van der Waals surface area contributed by atoms with Gasteiger partial charge in [0, 0.05) is 26.3 Å². The van der Waals surface area contributed by atoms with Crippen LogP contribution in [0.25, 0.3) is 0 Å². The maximum absolute atomic E-state index is 13.2. The van der Waals surface area contributed by atoms with E-state index in [-0.39, 0.29) is 0 Å². The first kappa shape index (κ1) is 12.5. The van der Waals surface area contributed by atoms with Crippen molar-refractivity contribution in [2.24, 2.45) is 0 Å². The van der Waals surface area contributed by atoms with E-state index in [1.165, 1.54) is 12.1 Å². The van der Waals surface area contributed by atoms with Crippen molar-refractivity contribution in [1.29, 1.82) is 0 Å². The van der Waals surface area contributed by atoms with Crippen molar-refractivity contribution < 1.29 is 14.1 Å². The number of nitrogens with zero attached hydrogens (tertiary/aromatic N) is 1. The molecule has 0 aromatic heterocycles. The predicted molar refractivity (Wildman–Crippen MR) is 56.6 cm³/mol. The van der Waals surface area contributed by atoms with E-state index in [0.29, 0.717) is 25.3 Å². The number of nitrogens with one attached hydrogen (secondary N) is 1. The zero-order chi connectivity index (χ0) is 12.0. The summed E-state index contributed by atoms with van der Waals surface area (Å²) in [6.07, 6.45) is 0. The Labute approximate surface area is 92.4 Å². The number of nitro groups is 1. The minimum absolute atomic E-state index is 0.457. The summed E-state index contributed by atoms with van der Waals surface area (Å²) in [6.45, 7) is 1.67. The quantitative estimate of drug-likeness (QED) is 0.455. The highest BCUT2D eigenvalue weighted by Gasteiger charge is 2.13. The molecule has 0 spiro atoms. The number of halogens is 1. The van der Waals surface area contributed by atoms with Crippen LogP contribution in [0.15, 0.2) is 18.2 Å². The van der Waals surface area contributed by atoms with Crippen LogP contribution in [0, 0.1) is 15.9 Å². The largest absolute Gasteiger partial charge is 0.383 e. The third-order valence-electron chi connectivity index (χ3n) is 2.02. The molecule has 0 saturated heterocycles. The highest BCUT2D eigenvalue weighted by molar-refractivity contribution is 5.34. The second kappa shape index (κ2) is 6.14. The molecule has 0 heterocycles. The first-order chi connectivity index (χ1) is 7.65. The molecule has 0 fully saturated rings. The van der Waals surface area contributed by atoms with Gasteiger partial charge in [0.15, 0.2) is 0 Å². The van der Waals surface area contributed by atoms with E-state index in [2.05, 4.69) is 5.32 Å². The van der Waals surface area contributed by atoms with E-state index in [1.54, 1.807) is 7.11 Å². The third kappa shape index (κ3) is 3.56. The highest BCUT2D eigenvalue weighted by Crippen LogP contribution is 2.17. The standard InChI is InChI=1S/C10H13FN2O3/c1-16-5-4-12-7-8-2-3-10(13(14)15)9(11)6-8/h2-3,6,12H,4-5,7H2,1H3. The van der Waals surface area contributed by atoms with Gasteiger partial charge in [0.25, 0.3) is 0 Å².